The summed E-state index contributed by atoms with van der Waals surface area (Å²) in [6.45, 7) is -3.11. The zero-order chi connectivity index (χ0) is 20.5. The fourth-order valence-corrected chi connectivity index (χ4v) is 2.44. The lowest BCUT2D eigenvalue weighted by atomic mass is 10.3. The van der Waals surface area contributed by atoms with E-state index >= 15 is 0 Å². The Balaban J connectivity index is 1.77. The van der Waals surface area contributed by atoms with Crippen LogP contribution in [0.2, 0.25) is 5.02 Å². The zero-order valence-corrected chi connectivity index (χ0v) is 14.3. The fraction of sp³-hybridized carbons (Fsp3) is 0.188. The van der Waals surface area contributed by atoms with Crippen LogP contribution in [0.25, 0.3) is 0 Å². The van der Waals surface area contributed by atoms with E-state index in [9.17, 15) is 26.7 Å². The number of halogens is 6. The number of fused-ring (bicyclic) bond motifs is 1. The van der Waals surface area contributed by atoms with E-state index in [0.29, 0.717) is 0 Å². The minimum absolute atomic E-state index is 0.0978. The van der Waals surface area contributed by atoms with E-state index in [1.165, 1.54) is 24.3 Å². The average Bonchev–Trinajstić information content (AvgIpc) is 2.92. The van der Waals surface area contributed by atoms with Gasteiger partial charge in [0.05, 0.1) is 0 Å². The number of hydrogen-bond acceptors (Lipinski definition) is 4. The highest BCUT2D eigenvalue weighted by Gasteiger charge is 2.65. The molecule has 2 aromatic carbocycles. The summed E-state index contributed by atoms with van der Waals surface area (Å²) in [5.41, 5.74) is -0.105. The Morgan fingerprint density at radius 3 is 2.50 bits per heavy atom. The molecule has 0 spiro atoms. The second-order valence-corrected chi connectivity index (χ2v) is 5.83. The summed E-state index contributed by atoms with van der Waals surface area (Å²) < 4.78 is 78.9. The maximum absolute atomic E-state index is 13.6. The van der Waals surface area contributed by atoms with Gasteiger partial charge in [0, 0.05) is 22.8 Å². The smallest absolute Gasteiger partial charge is 0.435 e. The predicted octanol–water partition coefficient (Wildman–Crippen LogP) is 4.75. The summed E-state index contributed by atoms with van der Waals surface area (Å²) in [7, 11) is 0. The van der Waals surface area contributed by atoms with Crippen LogP contribution in [0.5, 0.6) is 17.2 Å². The number of carbonyl (C=O) groups is 1. The van der Waals surface area contributed by atoms with Gasteiger partial charge in [0.15, 0.2) is 11.5 Å². The third-order valence-corrected chi connectivity index (χ3v) is 3.62. The summed E-state index contributed by atoms with van der Waals surface area (Å²) in [6, 6.07) is 6.84. The Hall–Kier alpha value is -2.95. The molecule has 12 heteroatoms. The number of urea groups is 1. The molecule has 0 bridgehead atoms. The molecule has 1 atom stereocenters. The van der Waals surface area contributed by atoms with Gasteiger partial charge in [0.2, 0.25) is 0 Å². The maximum atomic E-state index is 13.6. The highest BCUT2D eigenvalue weighted by atomic mass is 35.5. The Morgan fingerprint density at radius 1 is 1.11 bits per heavy atom. The summed E-state index contributed by atoms with van der Waals surface area (Å²) in [5.74, 6) is -4.40. The van der Waals surface area contributed by atoms with E-state index in [0.717, 1.165) is 18.2 Å². The molecule has 2 N–H and O–H groups in total. The normalized spacial score (nSPS) is 18.1. The van der Waals surface area contributed by atoms with Crippen LogP contribution in [-0.4, -0.2) is 24.7 Å². The number of carbonyl (C=O) groups excluding carboxylic acids is 1. The predicted molar refractivity (Wildman–Crippen MR) is 86.7 cm³/mol. The minimum atomic E-state index is -5.17. The standard InChI is InChI=1S/C16H10ClF5N2O4/c17-8-4-5-11-12(6-8)28-16(27-11,15(20,21)22)24-14(25)23-9-2-1-3-10(7-9)26-13(18)19/h1-7,13H,(H2,23,24,25)/t16-/m1/s1. The van der Waals surface area contributed by atoms with Gasteiger partial charge >= 0.3 is 24.7 Å². The van der Waals surface area contributed by atoms with Crippen molar-refractivity contribution < 1.29 is 41.0 Å². The van der Waals surface area contributed by atoms with Crippen molar-refractivity contribution in [2.24, 2.45) is 0 Å². The van der Waals surface area contributed by atoms with Crippen LogP contribution in [0.15, 0.2) is 42.5 Å². The Kier molecular flexibility index (Phi) is 5.11. The zero-order valence-electron chi connectivity index (χ0n) is 13.5. The van der Waals surface area contributed by atoms with Crippen LogP contribution in [0, 0.1) is 0 Å². The molecule has 1 aliphatic heterocycles. The third-order valence-electron chi connectivity index (χ3n) is 3.38. The monoisotopic (exact) mass is 424 g/mol. The van der Waals surface area contributed by atoms with E-state index in [-0.39, 0.29) is 28.0 Å². The van der Waals surface area contributed by atoms with Crippen molar-refractivity contribution in [2.45, 2.75) is 18.7 Å². The molecule has 0 unspecified atom stereocenters. The van der Waals surface area contributed by atoms with Crippen LogP contribution in [-0.2, 0) is 0 Å². The summed E-state index contributed by atoms with van der Waals surface area (Å²) in [4.78, 5) is 12.1. The number of benzene rings is 2. The largest absolute Gasteiger partial charge is 0.492 e. The highest BCUT2D eigenvalue weighted by Crippen LogP contribution is 2.46. The first-order chi connectivity index (χ1) is 13.1. The number of rotatable bonds is 4. The molecule has 0 saturated carbocycles. The lowest BCUT2D eigenvalue weighted by Crippen LogP contribution is -2.65. The second-order valence-electron chi connectivity index (χ2n) is 5.39. The quantitative estimate of drug-likeness (QED) is 0.695. The molecule has 2 amide bonds. The van der Waals surface area contributed by atoms with Crippen LogP contribution in [0.3, 0.4) is 0 Å². The Labute approximate surface area is 159 Å². The van der Waals surface area contributed by atoms with E-state index < -0.39 is 24.7 Å². The molecule has 6 nitrogen and oxygen atoms in total. The highest BCUT2D eigenvalue weighted by molar-refractivity contribution is 6.30. The second kappa shape index (κ2) is 7.23. The van der Waals surface area contributed by atoms with Gasteiger partial charge in [-0.05, 0) is 24.3 Å². The van der Waals surface area contributed by atoms with Crippen molar-refractivity contribution in [3.63, 3.8) is 0 Å². The van der Waals surface area contributed by atoms with Crippen molar-refractivity contribution in [1.29, 1.82) is 0 Å². The molecule has 28 heavy (non-hydrogen) atoms. The first kappa shape index (κ1) is 19.8. The topological polar surface area (TPSA) is 68.8 Å². The number of anilines is 1. The van der Waals surface area contributed by atoms with Crippen LogP contribution in [0.1, 0.15) is 0 Å². The molecule has 0 aliphatic carbocycles. The molecule has 0 fully saturated rings. The van der Waals surface area contributed by atoms with E-state index in [2.05, 4.69) is 10.1 Å². The van der Waals surface area contributed by atoms with Crippen molar-refractivity contribution in [2.75, 3.05) is 5.32 Å². The lowest BCUT2D eigenvalue weighted by Gasteiger charge is -2.29. The summed E-state index contributed by atoms with van der Waals surface area (Å²) in [6.07, 6.45) is -5.17. The van der Waals surface area contributed by atoms with Crippen LogP contribution >= 0.6 is 11.6 Å². The molecular weight excluding hydrogens is 415 g/mol. The molecule has 1 heterocycles. The number of hydrogen-bond donors (Lipinski definition) is 2. The molecule has 0 radical (unpaired) electrons. The van der Waals surface area contributed by atoms with Crippen LogP contribution in [0.4, 0.5) is 32.4 Å². The van der Waals surface area contributed by atoms with Gasteiger partial charge in [-0.1, -0.05) is 17.7 Å². The van der Waals surface area contributed by atoms with E-state index in [1.54, 1.807) is 5.32 Å². The SMILES string of the molecule is O=C(Nc1cccc(OC(F)F)c1)N[C@]1(C(F)(F)F)Oc2ccc(Cl)cc2O1. The van der Waals surface area contributed by atoms with Crippen LogP contribution < -0.4 is 24.8 Å². The van der Waals surface area contributed by atoms with Gasteiger partial charge in [-0.15, -0.1) is 0 Å². The fourth-order valence-electron chi connectivity index (χ4n) is 2.28. The van der Waals surface area contributed by atoms with Gasteiger partial charge < -0.3 is 19.5 Å². The molecule has 150 valence electrons. The van der Waals surface area contributed by atoms with Crippen molar-refractivity contribution in [3.05, 3.63) is 47.5 Å². The van der Waals surface area contributed by atoms with Gasteiger partial charge in [0.1, 0.15) is 5.75 Å². The van der Waals surface area contributed by atoms with Crippen molar-refractivity contribution in [3.8, 4) is 17.2 Å². The van der Waals surface area contributed by atoms with Gasteiger partial charge in [-0.3, -0.25) is 5.32 Å². The maximum Gasteiger partial charge on any atom is 0.492 e. The minimum Gasteiger partial charge on any atom is -0.435 e. The van der Waals surface area contributed by atoms with Gasteiger partial charge in [-0.2, -0.15) is 22.0 Å². The average molecular weight is 425 g/mol. The Bertz CT molecular complexity index is 896. The number of alkyl halides is 5. The van der Waals surface area contributed by atoms with Gasteiger partial charge in [-0.25, -0.2) is 4.79 Å². The first-order valence-electron chi connectivity index (χ1n) is 7.46. The lowest BCUT2D eigenvalue weighted by molar-refractivity contribution is -0.317. The molecule has 2 aromatic rings. The molecule has 1 aliphatic rings. The third kappa shape index (κ3) is 4.14. The molecular formula is C16H10ClF5N2O4. The summed E-state index contributed by atoms with van der Waals surface area (Å²) in [5, 5.41) is 3.71. The van der Waals surface area contributed by atoms with Gasteiger partial charge in [0.25, 0.3) is 0 Å². The molecule has 0 saturated heterocycles. The number of nitrogens with one attached hydrogen (secondary N) is 2. The van der Waals surface area contributed by atoms with E-state index in [1.807, 2.05) is 0 Å². The summed E-state index contributed by atoms with van der Waals surface area (Å²) >= 11 is 5.71. The molecule has 3 rings (SSSR count). The van der Waals surface area contributed by atoms with Crippen molar-refractivity contribution >= 4 is 23.3 Å². The van der Waals surface area contributed by atoms with E-state index in [4.69, 9.17) is 21.1 Å². The Morgan fingerprint density at radius 2 is 1.82 bits per heavy atom. The molecule has 0 aromatic heterocycles. The number of amides is 2. The van der Waals surface area contributed by atoms with Crippen molar-refractivity contribution in [1.82, 2.24) is 5.32 Å². The first-order valence-corrected chi connectivity index (χ1v) is 7.84. The number of ether oxygens (including phenoxy) is 3.